The normalized spacial score (nSPS) is 10.3. The van der Waals surface area contributed by atoms with Gasteiger partial charge in [-0.25, -0.2) is 14.8 Å². The quantitative estimate of drug-likeness (QED) is 0.646. The molecule has 0 radical (unpaired) electrons. The van der Waals surface area contributed by atoms with E-state index in [9.17, 15) is 4.79 Å². The first-order valence-electron chi connectivity index (χ1n) is 8.53. The highest BCUT2D eigenvalue weighted by Gasteiger charge is 2.07. The molecule has 0 bridgehead atoms. The first-order valence-corrected chi connectivity index (χ1v) is 8.53. The molecule has 0 amide bonds. The molecule has 0 fully saturated rings. The molecule has 0 saturated heterocycles. The Morgan fingerprint density at radius 2 is 1.85 bits per heavy atom. The van der Waals surface area contributed by atoms with Crippen LogP contribution in [0.25, 0.3) is 0 Å². The molecule has 1 N–H and O–H groups in total. The first kappa shape index (κ1) is 18.3. The van der Waals surface area contributed by atoms with Crippen LogP contribution in [0.3, 0.4) is 0 Å². The number of rotatable bonds is 7. The van der Waals surface area contributed by atoms with Crippen molar-refractivity contribution >= 4 is 23.3 Å². The molecule has 7 nitrogen and oxygen atoms in total. The van der Waals surface area contributed by atoms with Gasteiger partial charge in [0.1, 0.15) is 18.0 Å². The maximum Gasteiger partial charge on any atom is 0.337 e. The van der Waals surface area contributed by atoms with Crippen molar-refractivity contribution < 1.29 is 9.53 Å². The number of pyridine rings is 1. The van der Waals surface area contributed by atoms with Gasteiger partial charge in [0, 0.05) is 37.7 Å². The first-order chi connectivity index (χ1) is 13.2. The van der Waals surface area contributed by atoms with E-state index in [1.807, 2.05) is 25.2 Å². The number of hydrogen-bond donors (Lipinski definition) is 1. The zero-order valence-corrected chi connectivity index (χ0v) is 15.3. The molecule has 0 aliphatic heterocycles. The lowest BCUT2D eigenvalue weighted by Gasteiger charge is -2.18. The van der Waals surface area contributed by atoms with Gasteiger partial charge in [-0.15, -0.1) is 0 Å². The second-order valence-electron chi connectivity index (χ2n) is 5.98. The van der Waals surface area contributed by atoms with Crippen LogP contribution in [0.2, 0.25) is 0 Å². The van der Waals surface area contributed by atoms with Gasteiger partial charge >= 0.3 is 5.97 Å². The third-order valence-corrected chi connectivity index (χ3v) is 4.11. The van der Waals surface area contributed by atoms with Crippen LogP contribution in [0.15, 0.2) is 61.2 Å². The summed E-state index contributed by atoms with van der Waals surface area (Å²) in [5.41, 5.74) is 2.56. The van der Waals surface area contributed by atoms with Crippen molar-refractivity contribution in [2.45, 2.75) is 6.42 Å². The second kappa shape index (κ2) is 8.75. The average Bonchev–Trinajstić information content (AvgIpc) is 2.73. The van der Waals surface area contributed by atoms with E-state index in [1.54, 1.807) is 36.7 Å². The minimum Gasteiger partial charge on any atom is -0.465 e. The minimum atomic E-state index is -0.360. The van der Waals surface area contributed by atoms with Gasteiger partial charge < -0.3 is 15.0 Å². The van der Waals surface area contributed by atoms with Crippen LogP contribution < -0.4 is 10.2 Å². The maximum absolute atomic E-state index is 11.5. The average molecular weight is 363 g/mol. The molecule has 0 unspecified atom stereocenters. The van der Waals surface area contributed by atoms with Crippen LogP contribution in [0, 0.1) is 0 Å². The van der Waals surface area contributed by atoms with Gasteiger partial charge in [0.2, 0.25) is 0 Å². The molecule has 27 heavy (non-hydrogen) atoms. The number of carbonyl (C=O) groups is 1. The van der Waals surface area contributed by atoms with Gasteiger partial charge in [-0.2, -0.15) is 0 Å². The lowest BCUT2D eigenvalue weighted by Crippen LogP contribution is -2.21. The van der Waals surface area contributed by atoms with Gasteiger partial charge in [-0.3, -0.25) is 4.98 Å². The fourth-order valence-corrected chi connectivity index (χ4v) is 2.54. The Bertz CT molecular complexity index is 884. The van der Waals surface area contributed by atoms with Crippen molar-refractivity contribution in [3.63, 3.8) is 0 Å². The number of anilines is 3. The van der Waals surface area contributed by atoms with E-state index >= 15 is 0 Å². The van der Waals surface area contributed by atoms with Gasteiger partial charge in [0.05, 0.1) is 12.7 Å². The summed E-state index contributed by atoms with van der Waals surface area (Å²) in [5.74, 6) is 1.15. The summed E-state index contributed by atoms with van der Waals surface area (Å²) in [5, 5.41) is 3.22. The largest absolute Gasteiger partial charge is 0.465 e. The lowest BCUT2D eigenvalue weighted by molar-refractivity contribution is 0.0601. The number of ether oxygens (including phenoxy) is 1. The Morgan fingerprint density at radius 3 is 2.56 bits per heavy atom. The Morgan fingerprint density at radius 1 is 1.11 bits per heavy atom. The molecular formula is C20H21N5O2. The van der Waals surface area contributed by atoms with Gasteiger partial charge in [0.15, 0.2) is 0 Å². The summed E-state index contributed by atoms with van der Waals surface area (Å²) >= 11 is 0. The molecular weight excluding hydrogens is 342 g/mol. The zero-order chi connectivity index (χ0) is 19.1. The highest BCUT2D eigenvalue weighted by atomic mass is 16.5. The molecule has 3 aromatic rings. The van der Waals surface area contributed by atoms with Gasteiger partial charge in [-0.05, 0) is 48.4 Å². The standard InChI is InChI=1S/C20H21N5O2/c1-25(12-9-15-7-10-21-11-8-15)19-13-18(22-14-23-19)24-17-5-3-16(4-6-17)20(26)27-2/h3-8,10-11,13-14H,9,12H2,1-2H3,(H,22,23,24). The molecule has 0 saturated carbocycles. The predicted octanol–water partition coefficient (Wildman–Crippen LogP) is 3.08. The number of aromatic nitrogens is 3. The predicted molar refractivity (Wildman–Crippen MR) is 104 cm³/mol. The van der Waals surface area contributed by atoms with Crippen molar-refractivity contribution in [1.29, 1.82) is 0 Å². The monoisotopic (exact) mass is 363 g/mol. The Balaban J connectivity index is 1.63. The molecule has 0 atom stereocenters. The van der Waals surface area contributed by atoms with Gasteiger partial charge in [-0.1, -0.05) is 0 Å². The summed E-state index contributed by atoms with van der Waals surface area (Å²) in [6.07, 6.45) is 6.03. The number of benzene rings is 1. The van der Waals surface area contributed by atoms with Crippen LogP contribution in [0.5, 0.6) is 0 Å². The van der Waals surface area contributed by atoms with Gasteiger partial charge in [0.25, 0.3) is 0 Å². The molecule has 0 aliphatic carbocycles. The third-order valence-electron chi connectivity index (χ3n) is 4.11. The Kier molecular flexibility index (Phi) is 5.94. The summed E-state index contributed by atoms with van der Waals surface area (Å²) < 4.78 is 4.70. The Labute approximate surface area is 158 Å². The minimum absolute atomic E-state index is 0.360. The fraction of sp³-hybridized carbons (Fsp3) is 0.200. The summed E-state index contributed by atoms with van der Waals surface area (Å²) in [6, 6.07) is 12.9. The van der Waals surface area contributed by atoms with Crippen LogP contribution >= 0.6 is 0 Å². The number of nitrogens with zero attached hydrogens (tertiary/aromatic N) is 4. The van der Waals surface area contributed by atoms with E-state index in [0.29, 0.717) is 11.4 Å². The van der Waals surface area contributed by atoms with Crippen molar-refractivity contribution in [3.8, 4) is 0 Å². The highest BCUT2D eigenvalue weighted by molar-refractivity contribution is 5.89. The molecule has 138 valence electrons. The lowest BCUT2D eigenvalue weighted by atomic mass is 10.2. The van der Waals surface area contributed by atoms with Crippen molar-refractivity contribution in [3.05, 3.63) is 72.3 Å². The van der Waals surface area contributed by atoms with Crippen LogP contribution in [-0.4, -0.2) is 41.6 Å². The summed E-state index contributed by atoms with van der Waals surface area (Å²) in [6.45, 7) is 0.828. The molecule has 7 heteroatoms. The fourth-order valence-electron chi connectivity index (χ4n) is 2.54. The molecule has 3 rings (SSSR count). The molecule has 2 heterocycles. The molecule has 2 aromatic heterocycles. The number of carbonyl (C=O) groups excluding carboxylic acids is 1. The van der Waals surface area contributed by atoms with E-state index in [-0.39, 0.29) is 5.97 Å². The third kappa shape index (κ3) is 5.01. The van der Waals surface area contributed by atoms with Crippen LogP contribution in [0.4, 0.5) is 17.3 Å². The molecule has 1 aromatic carbocycles. The maximum atomic E-state index is 11.5. The second-order valence-corrected chi connectivity index (χ2v) is 5.98. The number of methoxy groups -OCH3 is 1. The zero-order valence-electron chi connectivity index (χ0n) is 15.3. The molecule has 0 aliphatic rings. The van der Waals surface area contributed by atoms with Crippen molar-refractivity contribution in [2.75, 3.05) is 30.9 Å². The number of esters is 1. The van der Waals surface area contributed by atoms with Crippen LogP contribution in [0.1, 0.15) is 15.9 Å². The van der Waals surface area contributed by atoms with E-state index in [0.717, 1.165) is 24.5 Å². The van der Waals surface area contributed by atoms with E-state index in [2.05, 4.69) is 25.2 Å². The number of likely N-dealkylation sites (N-methyl/N-ethyl adjacent to an activating group) is 1. The molecule has 0 spiro atoms. The SMILES string of the molecule is COC(=O)c1ccc(Nc2cc(N(C)CCc3ccncc3)ncn2)cc1. The highest BCUT2D eigenvalue weighted by Crippen LogP contribution is 2.19. The summed E-state index contributed by atoms with van der Waals surface area (Å²) in [7, 11) is 3.36. The van der Waals surface area contributed by atoms with Crippen molar-refractivity contribution in [2.24, 2.45) is 0 Å². The Hall–Kier alpha value is -3.48. The number of nitrogens with one attached hydrogen (secondary N) is 1. The van der Waals surface area contributed by atoms with Crippen LogP contribution in [-0.2, 0) is 11.2 Å². The topological polar surface area (TPSA) is 80.2 Å². The van der Waals surface area contributed by atoms with E-state index in [1.165, 1.54) is 19.0 Å². The smallest absolute Gasteiger partial charge is 0.337 e. The summed E-state index contributed by atoms with van der Waals surface area (Å²) in [4.78, 5) is 26.2. The van der Waals surface area contributed by atoms with E-state index in [4.69, 9.17) is 4.74 Å². The van der Waals surface area contributed by atoms with E-state index < -0.39 is 0 Å². The number of hydrogen-bond acceptors (Lipinski definition) is 7. The van der Waals surface area contributed by atoms with Crippen molar-refractivity contribution in [1.82, 2.24) is 15.0 Å².